The van der Waals surface area contributed by atoms with Crippen LogP contribution in [-0.4, -0.2) is 36.2 Å². The molecule has 2 N–H and O–H groups in total. The molecule has 0 radical (unpaired) electrons. The first-order valence-electron chi connectivity index (χ1n) is 9.88. The van der Waals surface area contributed by atoms with E-state index >= 15 is 0 Å². The fourth-order valence-electron chi connectivity index (χ4n) is 3.44. The maximum atomic E-state index is 11.8. The number of ketones is 1. The fraction of sp³-hybridized carbons (Fsp3) is 0.391. The molecule has 3 rings (SSSR count). The lowest BCUT2D eigenvalue weighted by molar-refractivity contribution is -0.136. The number of carboxylic acids is 1. The first-order valence-corrected chi connectivity index (χ1v) is 11.5. The van der Waals surface area contributed by atoms with Gasteiger partial charge in [-0.15, -0.1) is 11.8 Å². The third-order valence-corrected chi connectivity index (χ3v) is 6.03. The predicted octanol–water partition coefficient (Wildman–Crippen LogP) is 4.86. The van der Waals surface area contributed by atoms with E-state index in [0.717, 1.165) is 36.9 Å². The van der Waals surface area contributed by atoms with Gasteiger partial charge in [-0.05, 0) is 78.6 Å². The molecule has 1 saturated carbocycles. The van der Waals surface area contributed by atoms with E-state index in [1.165, 1.54) is 10.5 Å². The predicted molar refractivity (Wildman–Crippen MR) is 119 cm³/mol. The average molecular weight is 432 g/mol. The summed E-state index contributed by atoms with van der Waals surface area (Å²) in [6.45, 7) is 1.50. The Balaban J connectivity index is 1.72. The van der Waals surface area contributed by atoms with Gasteiger partial charge in [-0.25, -0.2) is 0 Å². The number of thioether (sulfide) groups is 1. The summed E-state index contributed by atoms with van der Waals surface area (Å²) in [7, 11) is 0. The average Bonchev–Trinajstić information content (AvgIpc) is 3.51. The van der Waals surface area contributed by atoms with E-state index in [9.17, 15) is 9.59 Å². The second kappa shape index (κ2) is 10.3. The molecule has 1 aliphatic carbocycles. The van der Waals surface area contributed by atoms with Crippen LogP contribution in [0, 0.1) is 5.92 Å². The number of carboxylic acid groups (broad SMARTS) is 1. The Morgan fingerprint density at radius 2 is 1.97 bits per heavy atom. The third-order valence-electron chi connectivity index (χ3n) is 5.09. The highest BCUT2D eigenvalue weighted by Crippen LogP contribution is 2.32. The third kappa shape index (κ3) is 6.59. The monoisotopic (exact) mass is 431 g/mol. The minimum atomic E-state index is -0.874. The number of hydrogen-bond acceptors (Lipinski definition) is 4. The molecule has 0 spiro atoms. The Hall–Kier alpha value is -1.82. The van der Waals surface area contributed by atoms with Crippen LogP contribution in [0.25, 0.3) is 11.1 Å². The molecule has 0 atom stereocenters. The van der Waals surface area contributed by atoms with Crippen molar-refractivity contribution in [2.45, 2.75) is 37.0 Å². The van der Waals surface area contributed by atoms with Crippen molar-refractivity contribution in [3.05, 3.63) is 52.5 Å². The summed E-state index contributed by atoms with van der Waals surface area (Å²) in [6.07, 6.45) is 5.55. The quantitative estimate of drug-likeness (QED) is 0.393. The molecular weight excluding hydrogens is 406 g/mol. The second-order valence-electron chi connectivity index (χ2n) is 7.43. The van der Waals surface area contributed by atoms with Crippen LogP contribution in [-0.2, 0) is 22.4 Å². The van der Waals surface area contributed by atoms with Gasteiger partial charge in [0.15, 0.2) is 0 Å². The molecule has 4 nitrogen and oxygen atoms in total. The van der Waals surface area contributed by atoms with Crippen molar-refractivity contribution in [3.8, 4) is 11.1 Å². The van der Waals surface area contributed by atoms with Crippen LogP contribution >= 0.6 is 23.4 Å². The van der Waals surface area contributed by atoms with Crippen LogP contribution in [0.4, 0.5) is 0 Å². The Morgan fingerprint density at radius 1 is 1.17 bits per heavy atom. The van der Waals surface area contributed by atoms with Gasteiger partial charge < -0.3 is 10.4 Å². The minimum Gasteiger partial charge on any atom is -0.481 e. The fourth-order valence-corrected chi connectivity index (χ4v) is 4.16. The molecule has 0 unspecified atom stereocenters. The zero-order chi connectivity index (χ0) is 20.8. The highest BCUT2D eigenvalue weighted by Gasteiger charge is 2.28. The number of hydrogen-bond donors (Lipinski definition) is 2. The van der Waals surface area contributed by atoms with Crippen LogP contribution in [0.2, 0.25) is 5.02 Å². The molecule has 1 fully saturated rings. The molecule has 2 aromatic rings. The van der Waals surface area contributed by atoms with Gasteiger partial charge >= 0.3 is 5.97 Å². The first-order chi connectivity index (χ1) is 14.0. The molecule has 1 aliphatic rings. The van der Waals surface area contributed by atoms with Gasteiger partial charge in [0.2, 0.25) is 0 Å². The number of rotatable bonds is 11. The number of carbonyl (C=O) groups is 2. The van der Waals surface area contributed by atoms with Crippen LogP contribution < -0.4 is 5.32 Å². The van der Waals surface area contributed by atoms with Gasteiger partial charge in [0, 0.05) is 28.8 Å². The molecule has 0 amide bonds. The van der Waals surface area contributed by atoms with Crippen molar-refractivity contribution < 1.29 is 14.7 Å². The maximum Gasteiger partial charge on any atom is 0.307 e. The van der Waals surface area contributed by atoms with Crippen molar-refractivity contribution >= 4 is 35.1 Å². The van der Waals surface area contributed by atoms with Gasteiger partial charge in [-0.2, -0.15) is 0 Å². The molecule has 29 heavy (non-hydrogen) atoms. The van der Waals surface area contributed by atoms with E-state index in [1.807, 2.05) is 18.4 Å². The Morgan fingerprint density at radius 3 is 2.66 bits per heavy atom. The molecule has 0 aromatic heterocycles. The molecule has 0 bridgehead atoms. The molecule has 0 aliphatic heterocycles. The van der Waals surface area contributed by atoms with Gasteiger partial charge in [0.05, 0.1) is 6.42 Å². The molecule has 0 saturated heterocycles. The largest absolute Gasteiger partial charge is 0.481 e. The van der Waals surface area contributed by atoms with Crippen molar-refractivity contribution in [2.75, 3.05) is 19.3 Å². The van der Waals surface area contributed by atoms with E-state index in [4.69, 9.17) is 16.7 Å². The van der Waals surface area contributed by atoms with E-state index in [0.29, 0.717) is 35.3 Å². The number of aliphatic carboxylic acids is 1. The Labute approximate surface area is 181 Å². The number of Topliss-reactive ketones (excluding diaryl/α,β-unsaturated/α-hetero) is 1. The first kappa shape index (κ1) is 21.9. The van der Waals surface area contributed by atoms with Crippen LogP contribution in [0.1, 0.15) is 30.4 Å². The van der Waals surface area contributed by atoms with Crippen molar-refractivity contribution in [3.63, 3.8) is 0 Å². The summed E-state index contributed by atoms with van der Waals surface area (Å²) in [4.78, 5) is 24.1. The number of halogens is 1. The molecular formula is C23H26ClNO3S. The summed E-state index contributed by atoms with van der Waals surface area (Å²) in [5.74, 6) is -0.168. The number of carbonyl (C=O) groups excluding carboxylic acids is 1. The normalized spacial score (nSPS) is 13.4. The SMILES string of the molecule is CSc1ccc(-c2cc(Cl)cc(CC(=O)O)c2)c(CCNCCC(=O)C2CC2)c1. The van der Waals surface area contributed by atoms with Crippen molar-refractivity contribution in [2.24, 2.45) is 5.92 Å². The van der Waals surface area contributed by atoms with Gasteiger partial charge in [-0.3, -0.25) is 9.59 Å². The van der Waals surface area contributed by atoms with Gasteiger partial charge in [0.25, 0.3) is 0 Å². The zero-order valence-electron chi connectivity index (χ0n) is 16.5. The smallest absolute Gasteiger partial charge is 0.307 e. The highest BCUT2D eigenvalue weighted by molar-refractivity contribution is 7.98. The Kier molecular flexibility index (Phi) is 7.76. The molecule has 6 heteroatoms. The Bertz CT molecular complexity index is 896. The minimum absolute atomic E-state index is 0.0532. The van der Waals surface area contributed by atoms with Crippen molar-refractivity contribution in [1.29, 1.82) is 0 Å². The van der Waals surface area contributed by atoms with E-state index < -0.39 is 5.97 Å². The summed E-state index contributed by atoms with van der Waals surface area (Å²) in [6, 6.07) is 11.8. The molecule has 2 aromatic carbocycles. The summed E-state index contributed by atoms with van der Waals surface area (Å²) in [5.41, 5.74) is 3.87. The number of nitrogens with one attached hydrogen (secondary N) is 1. The van der Waals surface area contributed by atoms with Gasteiger partial charge in [0.1, 0.15) is 5.78 Å². The highest BCUT2D eigenvalue weighted by atomic mass is 35.5. The summed E-state index contributed by atoms with van der Waals surface area (Å²) < 4.78 is 0. The lowest BCUT2D eigenvalue weighted by Crippen LogP contribution is -2.21. The lowest BCUT2D eigenvalue weighted by atomic mass is 9.95. The zero-order valence-corrected chi connectivity index (χ0v) is 18.1. The lowest BCUT2D eigenvalue weighted by Gasteiger charge is -2.14. The number of benzene rings is 2. The van der Waals surface area contributed by atoms with Crippen molar-refractivity contribution in [1.82, 2.24) is 5.32 Å². The standard InChI is InChI=1S/C23H26ClNO3S/c1-29-20-4-5-21(18-10-15(12-23(27)28)11-19(24)13-18)17(14-20)6-8-25-9-7-22(26)16-2-3-16/h4-5,10-11,13-14,16,25H,2-3,6-9,12H2,1H3,(H,27,28). The topological polar surface area (TPSA) is 66.4 Å². The maximum absolute atomic E-state index is 11.8. The van der Waals surface area contributed by atoms with Crippen LogP contribution in [0.15, 0.2) is 41.3 Å². The van der Waals surface area contributed by atoms with Crippen LogP contribution in [0.3, 0.4) is 0 Å². The molecule has 0 heterocycles. The summed E-state index contributed by atoms with van der Waals surface area (Å²) >= 11 is 7.95. The van der Waals surface area contributed by atoms with Crippen LogP contribution in [0.5, 0.6) is 0 Å². The van der Waals surface area contributed by atoms with Gasteiger partial charge in [-0.1, -0.05) is 23.7 Å². The summed E-state index contributed by atoms with van der Waals surface area (Å²) in [5, 5.41) is 13.0. The van der Waals surface area contributed by atoms with E-state index in [2.05, 4.69) is 23.5 Å². The molecule has 154 valence electrons. The second-order valence-corrected chi connectivity index (χ2v) is 8.75. The van der Waals surface area contributed by atoms with E-state index in [1.54, 1.807) is 17.8 Å². The van der Waals surface area contributed by atoms with E-state index in [-0.39, 0.29) is 6.42 Å².